The summed E-state index contributed by atoms with van der Waals surface area (Å²) in [4.78, 5) is 23.9. The molecule has 2 aromatic rings. The lowest BCUT2D eigenvalue weighted by molar-refractivity contribution is 0.0475. The van der Waals surface area contributed by atoms with Crippen molar-refractivity contribution >= 4 is 35.0 Å². The van der Waals surface area contributed by atoms with Gasteiger partial charge in [-0.05, 0) is 42.3 Å². The fourth-order valence-corrected chi connectivity index (χ4v) is 2.27. The first-order valence-corrected chi connectivity index (χ1v) is 7.51. The van der Waals surface area contributed by atoms with Crippen molar-refractivity contribution in [1.82, 2.24) is 0 Å². The lowest BCUT2D eigenvalue weighted by Crippen LogP contribution is -2.14. The van der Waals surface area contributed by atoms with E-state index < -0.39 is 11.8 Å². The number of Topliss-reactive ketones (excluding diaryl/α,β-unsaturated/α-hetero) is 1. The van der Waals surface area contributed by atoms with E-state index in [4.69, 9.17) is 27.9 Å². The van der Waals surface area contributed by atoms with Crippen LogP contribution < -0.4 is 0 Å². The fourth-order valence-electron chi connectivity index (χ4n) is 1.88. The van der Waals surface area contributed by atoms with Crippen molar-refractivity contribution in [3.63, 3.8) is 0 Å². The third-order valence-corrected chi connectivity index (χ3v) is 3.73. The Morgan fingerprint density at radius 3 is 2.36 bits per heavy atom. The van der Waals surface area contributed by atoms with Crippen molar-refractivity contribution < 1.29 is 14.3 Å². The molecule has 5 heteroatoms. The van der Waals surface area contributed by atoms with Crippen molar-refractivity contribution in [2.45, 2.75) is 13.3 Å². The van der Waals surface area contributed by atoms with Gasteiger partial charge in [-0.25, -0.2) is 4.79 Å². The highest BCUT2D eigenvalue weighted by Gasteiger charge is 2.14. The molecule has 2 aromatic carbocycles. The highest BCUT2D eigenvalue weighted by molar-refractivity contribution is 6.36. The Morgan fingerprint density at radius 1 is 1.05 bits per heavy atom. The molecule has 0 saturated carbocycles. The van der Waals surface area contributed by atoms with Gasteiger partial charge >= 0.3 is 5.97 Å². The lowest BCUT2D eigenvalue weighted by Gasteiger charge is -2.06. The molecular formula is C17H14Cl2O3. The van der Waals surface area contributed by atoms with E-state index in [1.165, 1.54) is 12.1 Å². The number of hydrogen-bond donors (Lipinski definition) is 0. The van der Waals surface area contributed by atoms with E-state index in [-0.39, 0.29) is 17.2 Å². The molecule has 0 aromatic heterocycles. The Labute approximate surface area is 138 Å². The van der Waals surface area contributed by atoms with E-state index in [0.717, 1.165) is 12.0 Å². The van der Waals surface area contributed by atoms with Crippen LogP contribution in [0.5, 0.6) is 0 Å². The molecule has 0 N–H and O–H groups in total. The second-order valence-electron chi connectivity index (χ2n) is 4.67. The maximum absolute atomic E-state index is 12.0. The highest BCUT2D eigenvalue weighted by Crippen LogP contribution is 2.21. The van der Waals surface area contributed by atoms with E-state index in [1.807, 2.05) is 19.1 Å². The van der Waals surface area contributed by atoms with Gasteiger partial charge in [-0.15, -0.1) is 0 Å². The molecule has 2 rings (SSSR count). The normalized spacial score (nSPS) is 10.3. The largest absolute Gasteiger partial charge is 0.454 e. The number of carbonyl (C=O) groups is 2. The summed E-state index contributed by atoms with van der Waals surface area (Å²) < 4.78 is 5.02. The van der Waals surface area contributed by atoms with Crippen LogP contribution >= 0.6 is 23.2 Å². The minimum absolute atomic E-state index is 0.239. The van der Waals surface area contributed by atoms with Crippen LogP contribution in [0.2, 0.25) is 10.0 Å². The molecule has 114 valence electrons. The number of esters is 1. The molecule has 0 amide bonds. The fraction of sp³-hybridized carbons (Fsp3) is 0.176. The van der Waals surface area contributed by atoms with Gasteiger partial charge in [-0.1, -0.05) is 42.3 Å². The molecule has 0 aliphatic heterocycles. The highest BCUT2D eigenvalue weighted by atomic mass is 35.5. The maximum atomic E-state index is 12.0. The van der Waals surface area contributed by atoms with Crippen LogP contribution in [-0.2, 0) is 11.2 Å². The van der Waals surface area contributed by atoms with E-state index in [2.05, 4.69) is 0 Å². The number of rotatable bonds is 5. The molecule has 0 bridgehead atoms. The summed E-state index contributed by atoms with van der Waals surface area (Å²) in [5.74, 6) is -0.944. The van der Waals surface area contributed by atoms with Gasteiger partial charge in [0, 0.05) is 10.6 Å². The molecule has 0 radical (unpaired) electrons. The Morgan fingerprint density at radius 2 is 1.73 bits per heavy atom. The molecule has 0 atom stereocenters. The van der Waals surface area contributed by atoms with Crippen LogP contribution in [0.15, 0.2) is 42.5 Å². The number of halogens is 2. The van der Waals surface area contributed by atoms with Gasteiger partial charge in [0.15, 0.2) is 6.61 Å². The molecule has 0 fully saturated rings. The van der Waals surface area contributed by atoms with Crippen molar-refractivity contribution in [1.29, 1.82) is 0 Å². The van der Waals surface area contributed by atoms with Crippen molar-refractivity contribution in [3.05, 3.63) is 69.2 Å². The van der Waals surface area contributed by atoms with Gasteiger partial charge in [-0.2, -0.15) is 0 Å². The number of benzene rings is 2. The zero-order valence-electron chi connectivity index (χ0n) is 11.9. The van der Waals surface area contributed by atoms with Crippen LogP contribution in [-0.4, -0.2) is 18.4 Å². The zero-order chi connectivity index (χ0) is 16.1. The molecular weight excluding hydrogens is 323 g/mol. The van der Waals surface area contributed by atoms with Gasteiger partial charge in [0.2, 0.25) is 5.78 Å². The third-order valence-electron chi connectivity index (χ3n) is 3.16. The number of carbonyl (C=O) groups excluding carboxylic acids is 2. The van der Waals surface area contributed by atoms with Gasteiger partial charge < -0.3 is 4.74 Å². The quantitative estimate of drug-likeness (QED) is 0.592. The first-order chi connectivity index (χ1) is 10.5. The summed E-state index contributed by atoms with van der Waals surface area (Å²) in [6, 6.07) is 11.6. The van der Waals surface area contributed by atoms with Gasteiger partial charge in [0.25, 0.3) is 0 Å². The minimum atomic E-state index is -0.547. The van der Waals surface area contributed by atoms with Crippen LogP contribution in [0.4, 0.5) is 0 Å². The molecule has 0 aliphatic rings. The summed E-state index contributed by atoms with van der Waals surface area (Å²) in [5.41, 5.74) is 1.77. The molecule has 0 saturated heterocycles. The van der Waals surface area contributed by atoms with Crippen LogP contribution in [0.1, 0.15) is 33.2 Å². The van der Waals surface area contributed by atoms with Crippen molar-refractivity contribution in [2.24, 2.45) is 0 Å². The minimum Gasteiger partial charge on any atom is -0.454 e. The summed E-state index contributed by atoms with van der Waals surface area (Å²) in [7, 11) is 0. The van der Waals surface area contributed by atoms with E-state index in [9.17, 15) is 9.59 Å². The molecule has 3 nitrogen and oxygen atoms in total. The van der Waals surface area contributed by atoms with Crippen LogP contribution in [0, 0.1) is 0 Å². The zero-order valence-corrected chi connectivity index (χ0v) is 13.4. The maximum Gasteiger partial charge on any atom is 0.338 e. The Balaban J connectivity index is 2.00. The number of ether oxygens (including phenoxy) is 1. The summed E-state index contributed by atoms with van der Waals surface area (Å²) in [6.07, 6.45) is 0.890. The summed E-state index contributed by atoms with van der Waals surface area (Å²) >= 11 is 11.8. The summed E-state index contributed by atoms with van der Waals surface area (Å²) in [6.45, 7) is 1.65. The lowest BCUT2D eigenvalue weighted by atomic mass is 10.1. The average Bonchev–Trinajstić information content (AvgIpc) is 2.54. The molecule has 0 spiro atoms. The second kappa shape index (κ2) is 7.43. The van der Waals surface area contributed by atoms with Gasteiger partial charge in [-0.3, -0.25) is 4.79 Å². The third kappa shape index (κ3) is 4.09. The first-order valence-electron chi connectivity index (χ1n) is 6.75. The Hall–Kier alpha value is -1.84. The Kier molecular flexibility index (Phi) is 5.58. The smallest absolute Gasteiger partial charge is 0.338 e. The SMILES string of the molecule is CCc1ccc(C(=O)OCC(=O)c2cc(Cl)ccc2Cl)cc1. The average molecular weight is 337 g/mol. The monoisotopic (exact) mass is 336 g/mol. The van der Waals surface area contributed by atoms with E-state index in [0.29, 0.717) is 10.6 Å². The van der Waals surface area contributed by atoms with E-state index in [1.54, 1.807) is 18.2 Å². The topological polar surface area (TPSA) is 43.4 Å². The molecule has 0 heterocycles. The van der Waals surface area contributed by atoms with Gasteiger partial charge in [0.1, 0.15) is 0 Å². The second-order valence-corrected chi connectivity index (χ2v) is 5.52. The number of hydrogen-bond acceptors (Lipinski definition) is 3. The molecule has 0 aliphatic carbocycles. The first kappa shape index (κ1) is 16.5. The molecule has 0 unspecified atom stereocenters. The standard InChI is InChI=1S/C17H14Cl2O3/c1-2-11-3-5-12(6-4-11)17(21)22-10-16(20)14-9-13(18)7-8-15(14)19/h3-9H,2,10H2,1H3. The van der Waals surface area contributed by atoms with Crippen LogP contribution in [0.25, 0.3) is 0 Å². The van der Waals surface area contributed by atoms with Crippen molar-refractivity contribution in [3.8, 4) is 0 Å². The predicted molar refractivity (Wildman–Crippen MR) is 86.9 cm³/mol. The predicted octanol–water partition coefficient (Wildman–Crippen LogP) is 4.60. The Bertz CT molecular complexity index is 694. The summed E-state index contributed by atoms with van der Waals surface area (Å²) in [5, 5.41) is 0.673. The number of ketones is 1. The van der Waals surface area contributed by atoms with Crippen molar-refractivity contribution in [2.75, 3.05) is 6.61 Å². The van der Waals surface area contributed by atoms with E-state index >= 15 is 0 Å². The number of aryl methyl sites for hydroxylation is 1. The van der Waals surface area contributed by atoms with Gasteiger partial charge in [0.05, 0.1) is 10.6 Å². The van der Waals surface area contributed by atoms with Crippen LogP contribution in [0.3, 0.4) is 0 Å². The molecule has 22 heavy (non-hydrogen) atoms.